The highest BCUT2D eigenvalue weighted by Gasteiger charge is 2.68. The van der Waals surface area contributed by atoms with Gasteiger partial charge in [-0.25, -0.2) is 0 Å². The van der Waals surface area contributed by atoms with Crippen molar-refractivity contribution in [1.82, 2.24) is 0 Å². The molecule has 4 saturated carbocycles. The molecule has 8 atom stereocenters. The highest BCUT2D eigenvalue weighted by atomic mass is 32.1. The zero-order valence-corrected chi connectivity index (χ0v) is 27.7. The monoisotopic (exact) mass is 516 g/mol. The third-order valence-corrected chi connectivity index (χ3v) is 14.5. The van der Waals surface area contributed by atoms with Crippen molar-refractivity contribution in [1.29, 1.82) is 0 Å². The molecule has 4 fully saturated rings. The lowest BCUT2D eigenvalue weighted by molar-refractivity contribution is -0.185. The first-order chi connectivity index (χ1) is 16.5. The molecule has 0 radical (unpaired) electrons. The van der Waals surface area contributed by atoms with E-state index in [1.165, 1.54) is 64.2 Å². The number of thiol groups is 1. The first-order valence-electron chi connectivity index (χ1n) is 16.0. The van der Waals surface area contributed by atoms with E-state index >= 15 is 0 Å². The summed E-state index contributed by atoms with van der Waals surface area (Å²) in [6.07, 6.45) is 16.8. The Morgan fingerprint density at radius 1 is 0.694 bits per heavy atom. The minimum atomic E-state index is 0.158. The van der Waals surface area contributed by atoms with Gasteiger partial charge in [0.15, 0.2) is 0 Å². The molecule has 0 amide bonds. The van der Waals surface area contributed by atoms with Crippen LogP contribution in [0, 0.1) is 50.2 Å². The molecule has 36 heavy (non-hydrogen) atoms. The zero-order chi connectivity index (χ0) is 27.6. The molecular weight excluding hydrogens is 452 g/mol. The lowest BCUT2D eigenvalue weighted by Gasteiger charge is -2.72. The van der Waals surface area contributed by atoms with E-state index < -0.39 is 0 Å². The second-order valence-electron chi connectivity index (χ2n) is 15.9. The zero-order valence-electron chi connectivity index (χ0n) is 26.8. The SMILES string of the molecule is CC.CC.CC1(C)CCC2(C)CCC3(C)C(=CCC4C5(C)CCC(C)(S)C(C)(C)C5CCC43C)C2C1. The van der Waals surface area contributed by atoms with Gasteiger partial charge in [-0.1, -0.05) is 102 Å². The van der Waals surface area contributed by atoms with E-state index in [-0.39, 0.29) is 4.75 Å². The second kappa shape index (κ2) is 9.63. The fraction of sp³-hybridized carbons (Fsp3) is 0.943. The molecule has 0 heterocycles. The number of rotatable bonds is 0. The Labute approximate surface area is 233 Å². The van der Waals surface area contributed by atoms with E-state index in [1.807, 2.05) is 33.3 Å². The minimum Gasteiger partial charge on any atom is -0.172 e. The van der Waals surface area contributed by atoms with Crippen molar-refractivity contribution in [3.05, 3.63) is 11.6 Å². The van der Waals surface area contributed by atoms with Crippen molar-refractivity contribution in [2.24, 2.45) is 50.2 Å². The molecule has 0 saturated heterocycles. The Hall–Kier alpha value is 0.0900. The third kappa shape index (κ3) is 4.13. The van der Waals surface area contributed by atoms with Crippen molar-refractivity contribution in [3.8, 4) is 0 Å². The fourth-order valence-electron chi connectivity index (χ4n) is 10.6. The third-order valence-electron chi connectivity index (χ3n) is 13.7. The smallest absolute Gasteiger partial charge is 0.0155 e. The largest absolute Gasteiger partial charge is 0.172 e. The molecule has 5 aliphatic rings. The van der Waals surface area contributed by atoms with Crippen LogP contribution in [0.5, 0.6) is 0 Å². The molecule has 210 valence electrons. The van der Waals surface area contributed by atoms with Gasteiger partial charge >= 0.3 is 0 Å². The van der Waals surface area contributed by atoms with Crippen molar-refractivity contribution in [3.63, 3.8) is 0 Å². The maximum absolute atomic E-state index is 5.25. The van der Waals surface area contributed by atoms with Gasteiger partial charge in [-0.05, 0) is 114 Å². The molecular formula is C35H64S. The number of allylic oxidation sites excluding steroid dienone is 2. The summed E-state index contributed by atoms with van der Waals surface area (Å²) in [7, 11) is 0. The number of hydrogen-bond donors (Lipinski definition) is 1. The van der Waals surface area contributed by atoms with Gasteiger partial charge in [0, 0.05) is 4.75 Å². The summed E-state index contributed by atoms with van der Waals surface area (Å²) in [6.45, 7) is 31.4. The quantitative estimate of drug-likeness (QED) is 0.240. The maximum atomic E-state index is 5.25. The van der Waals surface area contributed by atoms with Gasteiger partial charge in [-0.3, -0.25) is 0 Å². The number of fused-ring (bicyclic) bond motifs is 7. The Kier molecular flexibility index (Phi) is 8.19. The van der Waals surface area contributed by atoms with Crippen molar-refractivity contribution in [2.45, 2.75) is 159 Å². The molecule has 8 unspecified atom stereocenters. The fourth-order valence-corrected chi connectivity index (χ4v) is 10.9. The van der Waals surface area contributed by atoms with Gasteiger partial charge in [0.25, 0.3) is 0 Å². The Bertz CT molecular complexity index is 832. The first-order valence-corrected chi connectivity index (χ1v) is 16.4. The van der Waals surface area contributed by atoms with E-state index in [4.69, 9.17) is 12.6 Å². The van der Waals surface area contributed by atoms with Crippen molar-refractivity contribution < 1.29 is 0 Å². The van der Waals surface area contributed by atoms with Gasteiger partial charge in [-0.2, -0.15) is 12.6 Å². The van der Waals surface area contributed by atoms with Crippen molar-refractivity contribution >= 4 is 12.6 Å². The van der Waals surface area contributed by atoms with Crippen LogP contribution in [0.25, 0.3) is 0 Å². The summed E-state index contributed by atoms with van der Waals surface area (Å²) >= 11 is 5.25. The Balaban J connectivity index is 0.000000861. The minimum absolute atomic E-state index is 0.158. The van der Waals surface area contributed by atoms with Crippen LogP contribution in [0.15, 0.2) is 11.6 Å². The van der Waals surface area contributed by atoms with Gasteiger partial charge < -0.3 is 0 Å². The summed E-state index contributed by atoms with van der Waals surface area (Å²) in [5.74, 6) is 2.44. The maximum Gasteiger partial charge on any atom is 0.0155 e. The van der Waals surface area contributed by atoms with Gasteiger partial charge in [0.2, 0.25) is 0 Å². The van der Waals surface area contributed by atoms with Crippen LogP contribution in [0.2, 0.25) is 0 Å². The average Bonchev–Trinajstić information content (AvgIpc) is 2.81. The molecule has 0 spiro atoms. The lowest BCUT2D eigenvalue weighted by atomic mass is 9.33. The second-order valence-corrected chi connectivity index (χ2v) is 16.9. The summed E-state index contributed by atoms with van der Waals surface area (Å²) in [5, 5.41) is 0. The molecule has 0 bridgehead atoms. The van der Waals surface area contributed by atoms with Crippen LogP contribution >= 0.6 is 12.6 Å². The van der Waals surface area contributed by atoms with Crippen LogP contribution < -0.4 is 0 Å². The molecule has 0 aromatic carbocycles. The van der Waals surface area contributed by atoms with Crippen LogP contribution in [0.1, 0.15) is 154 Å². The lowest BCUT2D eigenvalue weighted by Crippen LogP contribution is -2.65. The first kappa shape index (κ1) is 30.6. The summed E-state index contributed by atoms with van der Waals surface area (Å²) in [4.78, 5) is 0. The normalized spacial score (nSPS) is 50.3. The molecule has 5 rings (SSSR count). The predicted octanol–water partition coefficient (Wildman–Crippen LogP) is 11.5. The van der Waals surface area contributed by atoms with Crippen LogP contribution in [0.3, 0.4) is 0 Å². The van der Waals surface area contributed by atoms with E-state index in [2.05, 4.69) is 68.4 Å². The van der Waals surface area contributed by atoms with E-state index in [9.17, 15) is 0 Å². The predicted molar refractivity (Wildman–Crippen MR) is 165 cm³/mol. The molecule has 0 aromatic rings. The molecule has 1 heteroatoms. The van der Waals surface area contributed by atoms with Gasteiger partial charge in [-0.15, -0.1) is 0 Å². The number of hydrogen-bond acceptors (Lipinski definition) is 1. The van der Waals surface area contributed by atoms with Crippen LogP contribution in [-0.2, 0) is 0 Å². The molecule has 0 N–H and O–H groups in total. The summed E-state index contributed by atoms with van der Waals surface area (Å²) < 4.78 is 0.158. The topological polar surface area (TPSA) is 0 Å². The average molecular weight is 517 g/mol. The van der Waals surface area contributed by atoms with E-state index in [0.717, 1.165) is 17.8 Å². The molecule has 5 aliphatic carbocycles. The van der Waals surface area contributed by atoms with E-state index in [0.29, 0.717) is 32.5 Å². The van der Waals surface area contributed by atoms with Gasteiger partial charge in [0.05, 0.1) is 0 Å². The van der Waals surface area contributed by atoms with Crippen molar-refractivity contribution in [2.75, 3.05) is 0 Å². The Morgan fingerprint density at radius 3 is 1.89 bits per heavy atom. The molecule has 0 aromatic heterocycles. The standard InChI is InChI=1S/C31H52S.2C2H6/c1-25(2)14-15-27(5)16-18-29(7)21(22(27)20-25)10-11-24-28(6)17-19-31(9,32)26(3,4)23(28)12-13-30(24,29)8;2*1-2/h10,22-24,32H,11-20H2,1-9H3;2*1-2H3. The molecule has 0 nitrogen and oxygen atoms in total. The van der Waals surface area contributed by atoms with Crippen LogP contribution in [0.4, 0.5) is 0 Å². The summed E-state index contributed by atoms with van der Waals surface area (Å²) in [6, 6.07) is 0. The Morgan fingerprint density at radius 2 is 1.28 bits per heavy atom. The highest BCUT2D eigenvalue weighted by molar-refractivity contribution is 7.81. The summed E-state index contributed by atoms with van der Waals surface area (Å²) in [5.41, 5.74) is 4.57. The highest BCUT2D eigenvalue weighted by Crippen LogP contribution is 2.76. The van der Waals surface area contributed by atoms with Gasteiger partial charge in [0.1, 0.15) is 0 Å². The molecule has 0 aliphatic heterocycles. The van der Waals surface area contributed by atoms with Crippen LogP contribution in [-0.4, -0.2) is 4.75 Å². The van der Waals surface area contributed by atoms with E-state index in [1.54, 1.807) is 0 Å².